The highest BCUT2D eigenvalue weighted by Gasteiger charge is 2.09. The van der Waals surface area contributed by atoms with Crippen molar-refractivity contribution in [2.24, 2.45) is 0 Å². The van der Waals surface area contributed by atoms with E-state index in [1.807, 2.05) is 24.3 Å². The van der Waals surface area contributed by atoms with Crippen molar-refractivity contribution < 1.29 is 9.53 Å². The maximum atomic E-state index is 12.3. The molecule has 2 heterocycles. The summed E-state index contributed by atoms with van der Waals surface area (Å²) in [5.74, 6) is 0.478. The van der Waals surface area contributed by atoms with E-state index in [0.29, 0.717) is 28.5 Å². The van der Waals surface area contributed by atoms with Crippen LogP contribution in [0.2, 0.25) is 0 Å². The second-order valence-electron chi connectivity index (χ2n) is 6.24. The number of pyridine rings is 1. The maximum Gasteiger partial charge on any atom is 0.323 e. The van der Waals surface area contributed by atoms with Crippen molar-refractivity contribution in [1.29, 1.82) is 0 Å². The SMILES string of the molecule is O=C(Nc1ccccc1)Nc1ccccc1OCc1cc(=O)n2ccccc2n1. The number of hydrogen-bond acceptors (Lipinski definition) is 4. The molecule has 2 aromatic heterocycles. The van der Waals surface area contributed by atoms with Gasteiger partial charge in [-0.1, -0.05) is 36.4 Å². The summed E-state index contributed by atoms with van der Waals surface area (Å²) in [7, 11) is 0. The standard InChI is InChI=1S/C22H18N4O3/c27-21-14-17(23-20-12-6-7-13-26(20)21)15-29-19-11-5-4-10-18(19)25-22(28)24-16-8-2-1-3-9-16/h1-14H,15H2,(H2,24,25,28). The molecule has 4 aromatic rings. The largest absolute Gasteiger partial charge is 0.485 e. The van der Waals surface area contributed by atoms with E-state index in [1.165, 1.54) is 10.5 Å². The molecule has 7 heteroatoms. The molecule has 2 amide bonds. The molecule has 0 aliphatic carbocycles. The monoisotopic (exact) mass is 386 g/mol. The van der Waals surface area contributed by atoms with Crippen LogP contribution in [0.4, 0.5) is 16.2 Å². The van der Waals surface area contributed by atoms with Gasteiger partial charge in [-0.15, -0.1) is 0 Å². The average molecular weight is 386 g/mol. The molecule has 0 aliphatic heterocycles. The molecule has 0 aliphatic rings. The molecular weight excluding hydrogens is 368 g/mol. The smallest absolute Gasteiger partial charge is 0.323 e. The van der Waals surface area contributed by atoms with Crippen molar-refractivity contribution >= 4 is 23.1 Å². The molecule has 4 rings (SSSR count). The molecule has 0 unspecified atom stereocenters. The van der Waals surface area contributed by atoms with Gasteiger partial charge in [0.2, 0.25) is 0 Å². The van der Waals surface area contributed by atoms with Gasteiger partial charge in [0.15, 0.2) is 0 Å². The van der Waals surface area contributed by atoms with E-state index in [1.54, 1.807) is 54.7 Å². The van der Waals surface area contributed by atoms with Crippen molar-refractivity contribution in [3.8, 4) is 5.75 Å². The fourth-order valence-corrected chi connectivity index (χ4v) is 2.83. The number of anilines is 2. The van der Waals surface area contributed by atoms with E-state index in [-0.39, 0.29) is 18.2 Å². The second kappa shape index (κ2) is 8.26. The molecule has 2 N–H and O–H groups in total. The summed E-state index contributed by atoms with van der Waals surface area (Å²) in [5, 5.41) is 5.53. The lowest BCUT2D eigenvalue weighted by molar-refractivity contribution is 0.261. The molecule has 2 aromatic carbocycles. The summed E-state index contributed by atoms with van der Waals surface area (Å²) in [4.78, 5) is 28.9. The first kappa shape index (κ1) is 18.2. The number of ether oxygens (including phenoxy) is 1. The Morgan fingerprint density at radius 1 is 0.931 bits per heavy atom. The van der Waals surface area contributed by atoms with Gasteiger partial charge in [-0.25, -0.2) is 9.78 Å². The summed E-state index contributed by atoms with van der Waals surface area (Å²) in [6.07, 6.45) is 1.67. The van der Waals surface area contributed by atoms with Crippen LogP contribution in [0.1, 0.15) is 5.69 Å². The average Bonchev–Trinajstić information content (AvgIpc) is 2.74. The minimum atomic E-state index is -0.380. The van der Waals surface area contributed by atoms with Gasteiger partial charge in [-0.2, -0.15) is 0 Å². The molecule has 0 atom stereocenters. The Hall–Kier alpha value is -4.13. The highest BCUT2D eigenvalue weighted by Crippen LogP contribution is 2.24. The number of nitrogens with zero attached hydrogens (tertiary/aromatic N) is 2. The second-order valence-corrected chi connectivity index (χ2v) is 6.24. The molecular formula is C22H18N4O3. The minimum absolute atomic E-state index is 0.0969. The molecule has 0 bridgehead atoms. The van der Waals surface area contributed by atoms with Gasteiger partial charge in [-0.3, -0.25) is 9.20 Å². The number of para-hydroxylation sites is 3. The number of urea groups is 1. The van der Waals surface area contributed by atoms with Gasteiger partial charge in [0.1, 0.15) is 18.0 Å². The topological polar surface area (TPSA) is 84.7 Å². The number of carbonyl (C=O) groups excluding carboxylic acids is 1. The molecule has 0 spiro atoms. The van der Waals surface area contributed by atoms with Crippen LogP contribution in [0.15, 0.2) is 89.9 Å². The van der Waals surface area contributed by atoms with Crippen molar-refractivity contribution in [3.63, 3.8) is 0 Å². The summed E-state index contributed by atoms with van der Waals surface area (Å²) in [6, 6.07) is 22.6. The van der Waals surface area contributed by atoms with Gasteiger partial charge < -0.3 is 15.4 Å². The maximum absolute atomic E-state index is 12.3. The van der Waals surface area contributed by atoms with Crippen molar-refractivity contribution in [3.05, 3.63) is 101 Å². The Balaban J connectivity index is 1.47. The summed E-state index contributed by atoms with van der Waals surface area (Å²) in [6.45, 7) is 0.0969. The van der Waals surface area contributed by atoms with Crippen molar-refractivity contribution in [2.45, 2.75) is 6.61 Å². The third-order valence-corrected chi connectivity index (χ3v) is 4.17. The van der Waals surface area contributed by atoms with Crippen LogP contribution in [0, 0.1) is 0 Å². The molecule has 7 nitrogen and oxygen atoms in total. The summed E-state index contributed by atoms with van der Waals surface area (Å²) < 4.78 is 7.29. The van der Waals surface area contributed by atoms with Crippen LogP contribution in [-0.2, 0) is 6.61 Å². The van der Waals surface area contributed by atoms with E-state index >= 15 is 0 Å². The zero-order valence-corrected chi connectivity index (χ0v) is 15.4. The first-order chi connectivity index (χ1) is 14.2. The molecule has 0 saturated carbocycles. The van der Waals surface area contributed by atoms with E-state index in [0.717, 1.165) is 0 Å². The molecule has 0 fully saturated rings. The van der Waals surface area contributed by atoms with E-state index in [2.05, 4.69) is 15.6 Å². The lowest BCUT2D eigenvalue weighted by Gasteiger charge is -2.13. The quantitative estimate of drug-likeness (QED) is 0.544. The number of amides is 2. The minimum Gasteiger partial charge on any atom is -0.485 e. The third kappa shape index (κ3) is 4.41. The van der Waals surface area contributed by atoms with E-state index in [4.69, 9.17) is 4.74 Å². The van der Waals surface area contributed by atoms with Crippen LogP contribution in [0.5, 0.6) is 5.75 Å². The summed E-state index contributed by atoms with van der Waals surface area (Å²) >= 11 is 0. The Labute approximate surface area is 166 Å². The Bertz CT molecular complexity index is 1210. The van der Waals surface area contributed by atoms with Gasteiger partial charge >= 0.3 is 6.03 Å². The molecule has 0 saturated heterocycles. The lowest BCUT2D eigenvalue weighted by Crippen LogP contribution is -2.20. The van der Waals surface area contributed by atoms with Crippen molar-refractivity contribution in [2.75, 3.05) is 10.6 Å². The lowest BCUT2D eigenvalue weighted by atomic mass is 10.3. The van der Waals surface area contributed by atoms with Crippen LogP contribution in [0.25, 0.3) is 5.65 Å². The van der Waals surface area contributed by atoms with Crippen LogP contribution in [-0.4, -0.2) is 15.4 Å². The predicted molar refractivity (Wildman–Crippen MR) is 111 cm³/mol. The van der Waals surface area contributed by atoms with E-state index < -0.39 is 0 Å². The fourth-order valence-electron chi connectivity index (χ4n) is 2.83. The zero-order chi connectivity index (χ0) is 20.1. The number of carbonyl (C=O) groups is 1. The Morgan fingerprint density at radius 3 is 2.55 bits per heavy atom. The highest BCUT2D eigenvalue weighted by molar-refractivity contribution is 6.00. The van der Waals surface area contributed by atoms with Crippen LogP contribution in [0.3, 0.4) is 0 Å². The zero-order valence-electron chi connectivity index (χ0n) is 15.4. The van der Waals surface area contributed by atoms with Gasteiger partial charge in [0.25, 0.3) is 5.56 Å². The Morgan fingerprint density at radius 2 is 1.69 bits per heavy atom. The molecule has 29 heavy (non-hydrogen) atoms. The summed E-state index contributed by atoms with van der Waals surface area (Å²) in [5.41, 5.74) is 2.07. The molecule has 0 radical (unpaired) electrons. The first-order valence-corrected chi connectivity index (χ1v) is 9.01. The van der Waals surface area contributed by atoms with Gasteiger partial charge in [0, 0.05) is 18.0 Å². The Kier molecular flexibility index (Phi) is 5.20. The highest BCUT2D eigenvalue weighted by atomic mass is 16.5. The van der Waals surface area contributed by atoms with E-state index in [9.17, 15) is 9.59 Å². The normalized spacial score (nSPS) is 10.5. The van der Waals surface area contributed by atoms with Crippen molar-refractivity contribution in [1.82, 2.24) is 9.38 Å². The molecule has 144 valence electrons. The fraction of sp³-hybridized carbons (Fsp3) is 0.0455. The van der Waals surface area contributed by atoms with Gasteiger partial charge in [-0.05, 0) is 36.4 Å². The number of hydrogen-bond donors (Lipinski definition) is 2. The first-order valence-electron chi connectivity index (χ1n) is 9.01. The number of benzene rings is 2. The number of rotatable bonds is 5. The van der Waals surface area contributed by atoms with Crippen LogP contribution < -0.4 is 20.9 Å². The number of nitrogens with one attached hydrogen (secondary N) is 2. The van der Waals surface area contributed by atoms with Crippen LogP contribution >= 0.6 is 0 Å². The number of aromatic nitrogens is 2. The third-order valence-electron chi connectivity index (χ3n) is 4.17. The predicted octanol–water partition coefficient (Wildman–Crippen LogP) is 3.92. The van der Waals surface area contributed by atoms with Gasteiger partial charge in [0.05, 0.1) is 11.4 Å². The number of fused-ring (bicyclic) bond motifs is 1.